The Bertz CT molecular complexity index is 310. The van der Waals surface area contributed by atoms with E-state index >= 15 is 0 Å². The van der Waals surface area contributed by atoms with Gasteiger partial charge in [0.05, 0.1) is 0 Å². The minimum absolute atomic E-state index is 0.00887. The maximum absolute atomic E-state index is 10.7. The summed E-state index contributed by atoms with van der Waals surface area (Å²) in [5.74, 6) is -4.33. The van der Waals surface area contributed by atoms with Crippen molar-refractivity contribution in [2.75, 3.05) is 12.3 Å². The predicted molar refractivity (Wildman–Crippen MR) is 55.6 cm³/mol. The summed E-state index contributed by atoms with van der Waals surface area (Å²) >= 11 is 3.73. The smallest absolute Gasteiger partial charge is 0.480 e. The number of hydrogen-bond acceptors (Lipinski definition) is 5. The number of rotatable bonds is 4. The number of halogens is 3. The zero-order chi connectivity index (χ0) is 14.9. The highest BCUT2D eigenvalue weighted by Gasteiger charge is 2.38. The van der Waals surface area contributed by atoms with E-state index in [1.165, 1.54) is 0 Å². The number of carbonyl (C=O) groups is 3. The molecule has 1 radical (unpaired) electrons. The van der Waals surface area contributed by atoms with Crippen LogP contribution in [0.3, 0.4) is 0 Å². The number of carbonyl (C=O) groups excluding carboxylic acids is 1. The zero-order valence-corrected chi connectivity index (χ0v) is 9.59. The second-order valence-corrected chi connectivity index (χ2v) is 2.88. The Kier molecular flexibility index (Phi) is 8.99. The summed E-state index contributed by atoms with van der Waals surface area (Å²) in [5, 5.41) is 17.3. The summed E-state index contributed by atoms with van der Waals surface area (Å²) in [6.45, 7) is -0.423. The normalized spacial score (nSPS) is 10.3. The first-order valence-electron chi connectivity index (χ1n) is 4.04. The average molecular weight is 291 g/mol. The first-order valence-corrected chi connectivity index (χ1v) is 4.67. The molecule has 0 heterocycles. The van der Waals surface area contributed by atoms with Gasteiger partial charge in [0.2, 0.25) is 5.91 Å². The lowest BCUT2D eigenvalue weighted by molar-refractivity contribution is -0.192. The molecule has 0 bridgehead atoms. The summed E-state index contributed by atoms with van der Waals surface area (Å²) < 4.78 is 31.7. The van der Waals surface area contributed by atoms with E-state index in [0.29, 0.717) is 0 Å². The van der Waals surface area contributed by atoms with Gasteiger partial charge in [-0.15, -0.1) is 0 Å². The Morgan fingerprint density at radius 3 is 1.83 bits per heavy atom. The van der Waals surface area contributed by atoms with Crippen molar-refractivity contribution in [2.24, 2.45) is 5.73 Å². The second kappa shape index (κ2) is 8.58. The molecule has 0 aromatic rings. The summed E-state index contributed by atoms with van der Waals surface area (Å²) in [6.07, 6.45) is -5.08. The highest BCUT2D eigenvalue weighted by molar-refractivity contribution is 7.80. The molecule has 7 nitrogen and oxygen atoms in total. The van der Waals surface area contributed by atoms with Crippen LogP contribution in [-0.4, -0.2) is 46.5 Å². The van der Waals surface area contributed by atoms with Gasteiger partial charge in [-0.2, -0.15) is 25.8 Å². The number of thiol groups is 1. The number of carboxylic acid groups (broad SMARTS) is 2. The van der Waals surface area contributed by atoms with Gasteiger partial charge in [0.25, 0.3) is 0 Å². The van der Waals surface area contributed by atoms with Crippen LogP contribution in [0.15, 0.2) is 0 Å². The van der Waals surface area contributed by atoms with E-state index in [4.69, 9.17) is 20.7 Å². The van der Waals surface area contributed by atoms with Gasteiger partial charge in [-0.1, -0.05) is 0 Å². The lowest BCUT2D eigenvalue weighted by Crippen LogP contribution is -2.37. The van der Waals surface area contributed by atoms with Crippen molar-refractivity contribution in [1.82, 2.24) is 5.32 Å². The van der Waals surface area contributed by atoms with Crippen molar-refractivity contribution in [3.63, 3.8) is 0 Å². The molecule has 0 saturated heterocycles. The standard InChI is InChI=1S/C5H9N2O3S.C2HF3O2/c6-3(2-11)5(10)7-1-4(8)9;3-2(4,5)1(6)7/h11H,1-2,6H2,(H,7,10)(H,8,9);(H,6,7). The highest BCUT2D eigenvalue weighted by Crippen LogP contribution is 2.13. The van der Waals surface area contributed by atoms with Gasteiger partial charge in [0, 0.05) is 5.75 Å². The van der Waals surface area contributed by atoms with E-state index in [1.807, 2.05) is 0 Å². The zero-order valence-electron chi connectivity index (χ0n) is 8.69. The SMILES string of the molecule is N[C](CS)C(=O)NCC(=O)O.O=C(O)C(F)(F)F. The summed E-state index contributed by atoms with van der Waals surface area (Å²) in [7, 11) is 0. The second-order valence-electron chi connectivity index (χ2n) is 2.56. The Morgan fingerprint density at radius 2 is 1.61 bits per heavy atom. The third-order valence-electron chi connectivity index (χ3n) is 1.10. The van der Waals surface area contributed by atoms with Gasteiger partial charge >= 0.3 is 18.1 Å². The number of nitrogens with one attached hydrogen (secondary N) is 1. The number of amides is 1. The van der Waals surface area contributed by atoms with Gasteiger partial charge in [-0.05, 0) is 0 Å². The van der Waals surface area contributed by atoms with E-state index in [9.17, 15) is 22.8 Å². The minimum Gasteiger partial charge on any atom is -0.480 e. The van der Waals surface area contributed by atoms with Gasteiger partial charge in [-0.3, -0.25) is 9.59 Å². The third-order valence-corrected chi connectivity index (χ3v) is 1.45. The molecule has 1 amide bonds. The van der Waals surface area contributed by atoms with E-state index < -0.39 is 30.6 Å². The van der Waals surface area contributed by atoms with Crippen LogP contribution in [0, 0.1) is 6.04 Å². The van der Waals surface area contributed by atoms with Crippen molar-refractivity contribution in [3.05, 3.63) is 6.04 Å². The van der Waals surface area contributed by atoms with Crippen molar-refractivity contribution >= 4 is 30.5 Å². The molecular weight excluding hydrogens is 281 g/mol. The molecule has 0 aromatic carbocycles. The Balaban J connectivity index is 0. The molecule has 0 unspecified atom stereocenters. The number of alkyl halides is 3. The molecular formula is C7H10F3N2O5S. The van der Waals surface area contributed by atoms with Crippen LogP contribution in [-0.2, 0) is 14.4 Å². The average Bonchev–Trinajstić information content (AvgIpc) is 2.24. The summed E-state index contributed by atoms with van der Waals surface area (Å²) in [5.41, 5.74) is 5.14. The van der Waals surface area contributed by atoms with Crippen LogP contribution < -0.4 is 11.1 Å². The fraction of sp³-hybridized carbons (Fsp3) is 0.429. The van der Waals surface area contributed by atoms with Crippen LogP contribution >= 0.6 is 12.6 Å². The lowest BCUT2D eigenvalue weighted by atomic mass is 10.3. The monoisotopic (exact) mass is 291 g/mol. The van der Waals surface area contributed by atoms with Gasteiger partial charge in [0.1, 0.15) is 12.6 Å². The largest absolute Gasteiger partial charge is 0.490 e. The fourth-order valence-electron chi connectivity index (χ4n) is 0.341. The minimum atomic E-state index is -5.08. The molecule has 11 heteroatoms. The summed E-state index contributed by atoms with van der Waals surface area (Å²) in [4.78, 5) is 29.5. The van der Waals surface area contributed by atoms with Crippen LogP contribution in [0.1, 0.15) is 0 Å². The molecule has 0 spiro atoms. The van der Waals surface area contributed by atoms with E-state index in [2.05, 4.69) is 17.9 Å². The van der Waals surface area contributed by atoms with Gasteiger partial charge in [-0.25, -0.2) is 4.79 Å². The number of carboxylic acids is 2. The molecule has 0 saturated carbocycles. The number of aliphatic carboxylic acids is 2. The van der Waals surface area contributed by atoms with Crippen molar-refractivity contribution in [1.29, 1.82) is 0 Å². The van der Waals surface area contributed by atoms with E-state index in [1.54, 1.807) is 0 Å². The van der Waals surface area contributed by atoms with Crippen molar-refractivity contribution < 1.29 is 37.8 Å². The molecule has 0 atom stereocenters. The molecule has 0 aliphatic carbocycles. The maximum atomic E-state index is 10.7. The number of nitrogens with two attached hydrogens (primary N) is 1. The maximum Gasteiger partial charge on any atom is 0.490 e. The first kappa shape index (κ1) is 18.9. The molecule has 105 valence electrons. The van der Waals surface area contributed by atoms with Crippen molar-refractivity contribution in [2.45, 2.75) is 6.18 Å². The molecule has 0 fully saturated rings. The Morgan fingerprint density at radius 1 is 1.22 bits per heavy atom. The topological polar surface area (TPSA) is 130 Å². The van der Waals surface area contributed by atoms with Crippen LogP contribution in [0.4, 0.5) is 13.2 Å². The Labute approximate surface area is 105 Å². The van der Waals surface area contributed by atoms with Crippen molar-refractivity contribution in [3.8, 4) is 0 Å². The van der Waals surface area contributed by atoms with Crippen LogP contribution in [0.25, 0.3) is 0 Å². The van der Waals surface area contributed by atoms with E-state index in [0.717, 1.165) is 0 Å². The van der Waals surface area contributed by atoms with Gasteiger partial charge < -0.3 is 21.3 Å². The van der Waals surface area contributed by atoms with Crippen LogP contribution in [0.2, 0.25) is 0 Å². The summed E-state index contributed by atoms with van der Waals surface area (Å²) in [6, 6.07) is 0.00887. The molecule has 0 aliphatic rings. The third kappa shape index (κ3) is 11.0. The highest BCUT2D eigenvalue weighted by atomic mass is 32.1. The fourth-order valence-corrected chi connectivity index (χ4v) is 0.485. The molecule has 18 heavy (non-hydrogen) atoms. The molecule has 0 aliphatic heterocycles. The number of hydrogen-bond donors (Lipinski definition) is 5. The molecule has 0 aromatic heterocycles. The molecule has 5 N–H and O–H groups in total. The van der Waals surface area contributed by atoms with E-state index in [-0.39, 0.29) is 11.8 Å². The lowest BCUT2D eigenvalue weighted by Gasteiger charge is -2.05. The Hall–Kier alpha value is -1.49. The first-order chi connectivity index (χ1) is 8.02. The van der Waals surface area contributed by atoms with Crippen LogP contribution in [0.5, 0.6) is 0 Å². The van der Waals surface area contributed by atoms with Gasteiger partial charge in [0.15, 0.2) is 0 Å². The molecule has 0 rings (SSSR count). The predicted octanol–water partition coefficient (Wildman–Crippen LogP) is -0.759. The quantitative estimate of drug-likeness (QED) is 0.433.